The molecule has 0 saturated carbocycles. The zero-order valence-corrected chi connectivity index (χ0v) is 28.4. The molecule has 0 unspecified atom stereocenters. The standard InChI is InChI=1S/C50H33NO/c1-2-15-35(16-3-1)41-23-12-18-36-19-13-24-45(50(36)41)42-21-7-10-26-47(42)51(39-30-28-34-14-4-5-17-37(34)32-39)46-25-9-6-20-40(46)38-29-31-44-43-22-8-11-27-48(43)52-49(44)33-38/h1-33H. The van der Waals surface area contributed by atoms with Gasteiger partial charge in [-0.2, -0.15) is 0 Å². The molecule has 0 aliphatic carbocycles. The van der Waals surface area contributed by atoms with E-state index in [4.69, 9.17) is 4.42 Å². The fourth-order valence-corrected chi connectivity index (χ4v) is 7.85. The summed E-state index contributed by atoms with van der Waals surface area (Å²) in [4.78, 5) is 2.43. The van der Waals surface area contributed by atoms with Crippen molar-refractivity contribution < 1.29 is 4.42 Å². The van der Waals surface area contributed by atoms with E-state index in [-0.39, 0.29) is 0 Å². The van der Waals surface area contributed by atoms with Gasteiger partial charge in [0.25, 0.3) is 0 Å². The lowest BCUT2D eigenvalue weighted by atomic mass is 9.90. The van der Waals surface area contributed by atoms with E-state index in [9.17, 15) is 0 Å². The van der Waals surface area contributed by atoms with Crippen molar-refractivity contribution in [2.75, 3.05) is 4.90 Å². The van der Waals surface area contributed by atoms with Gasteiger partial charge in [0.05, 0.1) is 11.4 Å². The molecule has 0 fully saturated rings. The number of hydrogen-bond acceptors (Lipinski definition) is 2. The average molecular weight is 664 g/mol. The number of furan rings is 1. The number of fused-ring (bicyclic) bond motifs is 5. The van der Waals surface area contributed by atoms with Crippen molar-refractivity contribution in [1.29, 1.82) is 0 Å². The summed E-state index contributed by atoms with van der Waals surface area (Å²) in [6.45, 7) is 0. The second kappa shape index (κ2) is 12.5. The third kappa shape index (κ3) is 5.04. The quantitative estimate of drug-likeness (QED) is 0.176. The van der Waals surface area contributed by atoms with Crippen molar-refractivity contribution in [1.82, 2.24) is 0 Å². The zero-order chi connectivity index (χ0) is 34.4. The first-order valence-corrected chi connectivity index (χ1v) is 17.8. The van der Waals surface area contributed by atoms with Crippen molar-refractivity contribution in [2.45, 2.75) is 0 Å². The Kier molecular flexibility index (Phi) is 7.18. The van der Waals surface area contributed by atoms with Crippen molar-refractivity contribution in [3.63, 3.8) is 0 Å². The van der Waals surface area contributed by atoms with Crippen LogP contribution in [0.1, 0.15) is 0 Å². The van der Waals surface area contributed by atoms with Gasteiger partial charge < -0.3 is 9.32 Å². The Morgan fingerprint density at radius 3 is 1.79 bits per heavy atom. The maximum Gasteiger partial charge on any atom is 0.136 e. The molecule has 2 heteroatoms. The van der Waals surface area contributed by atoms with E-state index >= 15 is 0 Å². The Morgan fingerprint density at radius 1 is 0.327 bits per heavy atom. The molecule has 1 heterocycles. The van der Waals surface area contributed by atoms with Gasteiger partial charge in [-0.1, -0.05) is 158 Å². The molecule has 0 bridgehead atoms. The molecule has 0 amide bonds. The summed E-state index contributed by atoms with van der Waals surface area (Å²) in [5.74, 6) is 0. The minimum Gasteiger partial charge on any atom is -0.456 e. The van der Waals surface area contributed by atoms with E-state index < -0.39 is 0 Å². The molecule has 0 spiro atoms. The van der Waals surface area contributed by atoms with E-state index in [0.29, 0.717) is 0 Å². The Labute approximate surface area is 302 Å². The summed E-state index contributed by atoms with van der Waals surface area (Å²) in [5, 5.41) is 7.12. The van der Waals surface area contributed by atoms with E-state index in [0.717, 1.165) is 55.7 Å². The van der Waals surface area contributed by atoms with E-state index in [1.165, 1.54) is 38.2 Å². The largest absolute Gasteiger partial charge is 0.456 e. The molecule has 2 nitrogen and oxygen atoms in total. The number of rotatable bonds is 6. The Balaban J connectivity index is 1.23. The van der Waals surface area contributed by atoms with Crippen LogP contribution in [0.2, 0.25) is 0 Å². The minimum atomic E-state index is 0.885. The summed E-state index contributed by atoms with van der Waals surface area (Å²) in [6, 6.07) is 71.8. The first kappa shape index (κ1) is 30.0. The average Bonchev–Trinajstić information content (AvgIpc) is 3.59. The summed E-state index contributed by atoms with van der Waals surface area (Å²) < 4.78 is 6.38. The minimum absolute atomic E-state index is 0.885. The van der Waals surface area contributed by atoms with Crippen LogP contribution in [0.25, 0.3) is 76.9 Å². The molecule has 0 aliphatic rings. The SMILES string of the molecule is c1ccc(-c2cccc3cccc(-c4ccccc4N(c4ccc5ccccc5c4)c4ccccc4-c4ccc5c(c4)oc4ccccc45)c23)cc1. The molecule has 9 aromatic carbocycles. The Bertz CT molecular complexity index is 2910. The van der Waals surface area contributed by atoms with E-state index in [2.05, 4.69) is 193 Å². The summed E-state index contributed by atoms with van der Waals surface area (Å²) in [6.07, 6.45) is 0. The van der Waals surface area contributed by atoms with Gasteiger partial charge in [-0.25, -0.2) is 0 Å². The Hall–Kier alpha value is -6.90. The van der Waals surface area contributed by atoms with Crippen LogP contribution in [0, 0.1) is 0 Å². The maximum atomic E-state index is 6.38. The molecular weight excluding hydrogens is 631 g/mol. The molecule has 0 atom stereocenters. The van der Waals surface area contributed by atoms with Crippen molar-refractivity contribution in [2.24, 2.45) is 0 Å². The monoisotopic (exact) mass is 663 g/mol. The number of anilines is 3. The van der Waals surface area contributed by atoms with Gasteiger partial charge in [-0.05, 0) is 86.3 Å². The number of nitrogens with zero attached hydrogens (tertiary/aromatic N) is 1. The van der Waals surface area contributed by atoms with E-state index in [1.807, 2.05) is 12.1 Å². The van der Waals surface area contributed by atoms with Crippen LogP contribution in [0.5, 0.6) is 0 Å². The molecule has 52 heavy (non-hydrogen) atoms. The van der Waals surface area contributed by atoms with Gasteiger partial charge in [0.15, 0.2) is 0 Å². The number of hydrogen-bond donors (Lipinski definition) is 0. The van der Waals surface area contributed by atoms with Crippen molar-refractivity contribution >= 4 is 60.5 Å². The van der Waals surface area contributed by atoms with E-state index in [1.54, 1.807) is 0 Å². The Morgan fingerprint density at radius 2 is 0.942 bits per heavy atom. The highest BCUT2D eigenvalue weighted by atomic mass is 16.3. The second-order valence-electron chi connectivity index (χ2n) is 13.3. The topological polar surface area (TPSA) is 16.4 Å². The molecule has 0 aliphatic heterocycles. The maximum absolute atomic E-state index is 6.38. The van der Waals surface area contributed by atoms with Gasteiger partial charge >= 0.3 is 0 Å². The highest BCUT2D eigenvalue weighted by Crippen LogP contribution is 2.47. The van der Waals surface area contributed by atoms with Crippen LogP contribution < -0.4 is 4.90 Å². The highest BCUT2D eigenvalue weighted by Gasteiger charge is 2.22. The third-order valence-corrected chi connectivity index (χ3v) is 10.3. The molecule has 10 aromatic rings. The van der Waals surface area contributed by atoms with Crippen LogP contribution in [-0.4, -0.2) is 0 Å². The van der Waals surface area contributed by atoms with Crippen LogP contribution in [0.4, 0.5) is 17.1 Å². The van der Waals surface area contributed by atoms with Crippen LogP contribution >= 0.6 is 0 Å². The number of para-hydroxylation sites is 3. The zero-order valence-electron chi connectivity index (χ0n) is 28.4. The molecular formula is C50H33NO. The second-order valence-corrected chi connectivity index (χ2v) is 13.3. The van der Waals surface area contributed by atoms with Crippen molar-refractivity contribution in [3.8, 4) is 33.4 Å². The summed E-state index contributed by atoms with van der Waals surface area (Å²) in [7, 11) is 0. The third-order valence-electron chi connectivity index (χ3n) is 10.3. The first-order valence-electron chi connectivity index (χ1n) is 17.8. The predicted octanol–water partition coefficient (Wildman–Crippen LogP) is 14.4. The lowest BCUT2D eigenvalue weighted by Gasteiger charge is -2.30. The van der Waals surface area contributed by atoms with Gasteiger partial charge in [0.2, 0.25) is 0 Å². The van der Waals surface area contributed by atoms with Crippen molar-refractivity contribution in [3.05, 3.63) is 200 Å². The highest BCUT2D eigenvalue weighted by molar-refractivity contribution is 6.10. The molecule has 0 saturated heterocycles. The fraction of sp³-hybridized carbons (Fsp3) is 0. The first-order chi connectivity index (χ1) is 25.8. The van der Waals surface area contributed by atoms with Gasteiger partial charge in [-0.3, -0.25) is 0 Å². The molecule has 10 rings (SSSR count). The molecule has 1 aromatic heterocycles. The van der Waals surface area contributed by atoms with Crippen LogP contribution in [-0.2, 0) is 0 Å². The van der Waals surface area contributed by atoms with Gasteiger partial charge in [-0.15, -0.1) is 0 Å². The molecule has 0 N–H and O–H groups in total. The predicted molar refractivity (Wildman–Crippen MR) is 220 cm³/mol. The van der Waals surface area contributed by atoms with Gasteiger partial charge in [0.1, 0.15) is 11.2 Å². The lowest BCUT2D eigenvalue weighted by molar-refractivity contribution is 0.669. The molecule has 244 valence electrons. The van der Waals surface area contributed by atoms with Crippen LogP contribution in [0.15, 0.2) is 205 Å². The van der Waals surface area contributed by atoms with Gasteiger partial charge in [0, 0.05) is 27.6 Å². The lowest BCUT2D eigenvalue weighted by Crippen LogP contribution is -2.12. The smallest absolute Gasteiger partial charge is 0.136 e. The summed E-state index contributed by atoms with van der Waals surface area (Å²) in [5.41, 5.74) is 12.1. The fourth-order valence-electron chi connectivity index (χ4n) is 7.85. The normalized spacial score (nSPS) is 11.5. The molecule has 0 radical (unpaired) electrons. The number of benzene rings is 9. The summed E-state index contributed by atoms with van der Waals surface area (Å²) >= 11 is 0. The van der Waals surface area contributed by atoms with Crippen LogP contribution in [0.3, 0.4) is 0 Å².